The third-order valence-electron chi connectivity index (χ3n) is 8.86. The Bertz CT molecular complexity index is 1820. The first-order valence-electron chi connectivity index (χ1n) is 15.8. The minimum absolute atomic E-state index is 0.00336. The van der Waals surface area contributed by atoms with E-state index in [4.69, 9.17) is 22.2 Å². The number of quaternary nitrogens is 1. The summed E-state index contributed by atoms with van der Waals surface area (Å²) in [7, 11) is 0. The van der Waals surface area contributed by atoms with Crippen molar-refractivity contribution in [2.24, 2.45) is 5.16 Å². The number of carboxylic acids is 2. The Balaban J connectivity index is 1.26. The summed E-state index contributed by atoms with van der Waals surface area (Å²) in [4.78, 5) is 73.8. The normalized spacial score (nSPS) is 20.0. The number of thioether (sulfide) groups is 1. The van der Waals surface area contributed by atoms with Crippen molar-refractivity contribution in [2.45, 2.75) is 50.1 Å². The van der Waals surface area contributed by atoms with Crippen LogP contribution in [0.3, 0.4) is 0 Å². The number of thiazole rings is 1. The molecule has 3 aliphatic rings. The molecule has 0 unspecified atom stereocenters. The number of β-lactam (4-membered cyclic amide) rings is 1. The smallest absolute Gasteiger partial charge is 0.350 e. The monoisotopic (exact) mass is 765 g/mol. The molecule has 3 aliphatic heterocycles. The van der Waals surface area contributed by atoms with Crippen molar-refractivity contribution in [1.82, 2.24) is 20.5 Å². The number of fused-ring (bicyclic) bond motifs is 1. The summed E-state index contributed by atoms with van der Waals surface area (Å²) < 4.78 is 0.541. The highest BCUT2D eigenvalue weighted by atomic mass is 35.5. The molecule has 1 aromatic carbocycles. The number of benzene rings is 1. The zero-order valence-corrected chi connectivity index (χ0v) is 29.9. The first-order valence-corrected chi connectivity index (χ1v) is 18.1. The van der Waals surface area contributed by atoms with E-state index in [-0.39, 0.29) is 39.4 Å². The molecule has 274 valence electrons. The van der Waals surface area contributed by atoms with Crippen LogP contribution >= 0.6 is 34.7 Å². The topological polar surface area (TPSA) is 257 Å². The standard InChI is InChI=1S/C31H36ClN7O10S2/c1-31(2,29(47)48)49-37-20(17-14-51-30(33)35-17)25(43)36-21-26(44)38-22(28(45)46)15(13-50-27(21)38)12-39(9-3-4-10-39)11-5-8-34-24(42)16-6-7-18(40)23(41)19(16)32/h6-7,14,21,27H,3-5,8-13H2,1-2H3,(H7-,33,34,35,36,37,40,41,42,43,45,46,47,48)/t21-,27-/m1/s1. The number of hydrogen-bond donors (Lipinski definition) is 6. The number of nitrogens with two attached hydrogens (primary N) is 1. The molecule has 2 saturated heterocycles. The van der Waals surface area contributed by atoms with Crippen LogP contribution in [0, 0.1) is 0 Å². The Morgan fingerprint density at radius 1 is 1.24 bits per heavy atom. The summed E-state index contributed by atoms with van der Waals surface area (Å²) in [6.07, 6.45) is 2.37. The molecule has 1 aromatic heterocycles. The number of carbonyl (C=O) groups is 5. The second-order valence-corrected chi connectivity index (χ2v) is 15.2. The summed E-state index contributed by atoms with van der Waals surface area (Å²) in [5.74, 6) is -5.73. The molecule has 0 saturated carbocycles. The Morgan fingerprint density at radius 3 is 2.57 bits per heavy atom. The van der Waals surface area contributed by atoms with Gasteiger partial charge in [0.1, 0.15) is 23.7 Å². The molecule has 3 amide bonds. The molecule has 20 heteroatoms. The van der Waals surface area contributed by atoms with Gasteiger partial charge in [-0.2, -0.15) is 0 Å². The van der Waals surface area contributed by atoms with E-state index in [1.165, 1.54) is 43.1 Å². The second kappa shape index (κ2) is 14.9. The Kier molecular flexibility index (Phi) is 11.0. The van der Waals surface area contributed by atoms with E-state index in [0.717, 1.165) is 42.2 Å². The van der Waals surface area contributed by atoms with Crippen molar-refractivity contribution in [3.05, 3.63) is 45.1 Å². The van der Waals surface area contributed by atoms with Gasteiger partial charge in [-0.25, -0.2) is 9.78 Å². The summed E-state index contributed by atoms with van der Waals surface area (Å²) >= 11 is 8.30. The van der Waals surface area contributed by atoms with Gasteiger partial charge in [0.25, 0.3) is 17.7 Å². The molecule has 2 aromatic rings. The molecule has 17 nitrogen and oxygen atoms in total. The van der Waals surface area contributed by atoms with Crippen LogP contribution in [0.5, 0.6) is 11.5 Å². The van der Waals surface area contributed by atoms with Crippen LogP contribution in [-0.4, -0.2) is 121 Å². The summed E-state index contributed by atoms with van der Waals surface area (Å²) in [5.41, 5.74) is 3.80. The van der Waals surface area contributed by atoms with Crippen molar-refractivity contribution in [1.29, 1.82) is 0 Å². The first kappa shape index (κ1) is 37.7. The lowest BCUT2D eigenvalue weighted by Gasteiger charge is -2.51. The fourth-order valence-electron chi connectivity index (χ4n) is 6.12. The van der Waals surface area contributed by atoms with Gasteiger partial charge in [0.15, 0.2) is 22.3 Å². The van der Waals surface area contributed by atoms with E-state index >= 15 is 0 Å². The third kappa shape index (κ3) is 7.85. The van der Waals surface area contributed by atoms with Gasteiger partial charge in [-0.1, -0.05) is 16.8 Å². The number of aliphatic carboxylic acids is 2. The van der Waals surface area contributed by atoms with E-state index in [1.807, 2.05) is 0 Å². The molecule has 0 radical (unpaired) electrons. The number of nitrogens with zero attached hydrogens (tertiary/aromatic N) is 4. The number of oxime groups is 1. The van der Waals surface area contributed by atoms with Gasteiger partial charge in [-0.15, -0.1) is 23.1 Å². The summed E-state index contributed by atoms with van der Waals surface area (Å²) in [6.45, 7) is 5.20. The van der Waals surface area contributed by atoms with Gasteiger partial charge in [0.2, 0.25) is 5.60 Å². The minimum Gasteiger partial charge on any atom is -0.543 e. The SMILES string of the molecule is CC(C)(O/N=C(\C(=O)N[C@@H]1C(=O)N2C(C(=O)[O-])=C(C[N+]3(CCCNC(=O)c4ccc(O)c(O)c4Cl)CCCC3)CS[C@H]12)c1csc(N)n1)C(=O)O. The maximum atomic E-state index is 13.4. The van der Waals surface area contributed by atoms with E-state index in [1.54, 1.807) is 0 Å². The molecular weight excluding hydrogens is 730 g/mol. The number of anilines is 1. The van der Waals surface area contributed by atoms with Gasteiger partial charge < -0.3 is 50.9 Å². The molecule has 51 heavy (non-hydrogen) atoms. The largest absolute Gasteiger partial charge is 0.543 e. The molecule has 7 N–H and O–H groups in total. The van der Waals surface area contributed by atoms with E-state index in [0.29, 0.717) is 29.6 Å². The summed E-state index contributed by atoms with van der Waals surface area (Å²) in [6, 6.07) is 1.34. The highest BCUT2D eigenvalue weighted by Gasteiger charge is 2.54. The van der Waals surface area contributed by atoms with Gasteiger partial charge in [-0.05, 0) is 26.0 Å². The molecule has 0 aliphatic carbocycles. The number of phenols is 2. The van der Waals surface area contributed by atoms with Gasteiger partial charge >= 0.3 is 5.97 Å². The Morgan fingerprint density at radius 2 is 1.94 bits per heavy atom. The van der Waals surface area contributed by atoms with Crippen molar-refractivity contribution in [3.63, 3.8) is 0 Å². The van der Waals surface area contributed by atoms with Crippen LogP contribution in [0.15, 0.2) is 33.9 Å². The van der Waals surface area contributed by atoms with Gasteiger partial charge in [-0.3, -0.25) is 19.3 Å². The number of carboxylic acid groups (broad SMARTS) is 2. The van der Waals surface area contributed by atoms with Gasteiger partial charge in [0, 0.05) is 42.5 Å². The number of aromatic nitrogens is 1. The lowest BCUT2D eigenvalue weighted by atomic mass is 10.0. The number of aromatic hydroxyl groups is 2. The minimum atomic E-state index is -1.80. The van der Waals surface area contributed by atoms with Crippen molar-refractivity contribution >= 4 is 75.2 Å². The van der Waals surface area contributed by atoms with Crippen LogP contribution in [0.25, 0.3) is 0 Å². The molecule has 2 fully saturated rings. The number of carbonyl (C=O) groups excluding carboxylic acids is 4. The van der Waals surface area contributed by atoms with Crippen LogP contribution < -0.4 is 21.5 Å². The Labute approximate surface area is 304 Å². The van der Waals surface area contributed by atoms with Gasteiger partial charge in [0.05, 0.1) is 41.9 Å². The van der Waals surface area contributed by atoms with Crippen molar-refractivity contribution in [3.8, 4) is 11.5 Å². The number of rotatable bonds is 14. The zero-order chi connectivity index (χ0) is 37.2. The first-order chi connectivity index (χ1) is 24.0. The van der Waals surface area contributed by atoms with Crippen LogP contribution in [0.2, 0.25) is 5.02 Å². The molecule has 0 bridgehead atoms. The molecule has 5 rings (SSSR count). The van der Waals surface area contributed by atoms with E-state index < -0.39 is 63.9 Å². The maximum absolute atomic E-state index is 13.4. The number of phenolic OH excluding ortho intramolecular Hbond substituents is 2. The van der Waals surface area contributed by atoms with Crippen LogP contribution in [0.4, 0.5) is 5.13 Å². The predicted molar refractivity (Wildman–Crippen MR) is 184 cm³/mol. The van der Waals surface area contributed by atoms with Crippen LogP contribution in [-0.2, 0) is 24.0 Å². The average molecular weight is 766 g/mol. The lowest BCUT2D eigenvalue weighted by molar-refractivity contribution is -0.912. The van der Waals surface area contributed by atoms with Crippen molar-refractivity contribution in [2.75, 3.05) is 44.2 Å². The van der Waals surface area contributed by atoms with Crippen LogP contribution in [0.1, 0.15) is 49.2 Å². The number of nitrogens with one attached hydrogen (secondary N) is 2. The second-order valence-electron chi connectivity index (χ2n) is 12.8. The number of hydrogen-bond acceptors (Lipinski definition) is 14. The zero-order valence-electron chi connectivity index (χ0n) is 27.5. The predicted octanol–water partition coefficient (Wildman–Crippen LogP) is 0.208. The highest BCUT2D eigenvalue weighted by molar-refractivity contribution is 8.00. The molecular formula is C31H36ClN7O10S2. The quantitative estimate of drug-likeness (QED) is 0.0376. The molecule has 0 spiro atoms. The number of amides is 3. The third-order valence-corrected chi connectivity index (χ3v) is 11.3. The maximum Gasteiger partial charge on any atom is 0.350 e. The Hall–Kier alpha value is -4.59. The van der Waals surface area contributed by atoms with E-state index in [2.05, 4.69) is 20.8 Å². The van der Waals surface area contributed by atoms with Crippen molar-refractivity contribution < 1.29 is 53.7 Å². The number of nitrogen functional groups attached to an aromatic ring is 1. The molecule has 2 atom stereocenters. The fraction of sp³-hybridized carbons (Fsp3) is 0.452. The highest BCUT2D eigenvalue weighted by Crippen LogP contribution is 2.41. The number of likely N-dealkylation sites (tertiary alicyclic amines) is 1. The summed E-state index contributed by atoms with van der Waals surface area (Å²) in [5, 5.41) is 50.9. The average Bonchev–Trinajstić information content (AvgIpc) is 3.73. The fourth-order valence-corrected chi connectivity index (χ4v) is 8.24. The lowest BCUT2D eigenvalue weighted by Crippen LogP contribution is -2.72. The number of halogens is 1. The molecule has 4 heterocycles. The van der Waals surface area contributed by atoms with E-state index in [9.17, 15) is 44.4 Å².